The second-order valence-corrected chi connectivity index (χ2v) is 10.7. The molecule has 39 heavy (non-hydrogen) atoms. The number of pyridine rings is 2. The number of rotatable bonds is 6. The largest absolute Gasteiger partial charge is 0.354 e. The lowest BCUT2D eigenvalue weighted by molar-refractivity contribution is 0.0950. The normalized spacial score (nSPS) is 14.3. The lowest BCUT2D eigenvalue weighted by Gasteiger charge is -2.33. The van der Waals surface area contributed by atoms with Gasteiger partial charge in [0.15, 0.2) is 0 Å². The van der Waals surface area contributed by atoms with Gasteiger partial charge in [0.1, 0.15) is 5.82 Å². The third-order valence-electron chi connectivity index (χ3n) is 7.98. The van der Waals surface area contributed by atoms with Crippen molar-refractivity contribution in [2.24, 2.45) is 0 Å². The van der Waals surface area contributed by atoms with Crippen molar-refractivity contribution in [3.05, 3.63) is 80.5 Å². The van der Waals surface area contributed by atoms with Crippen LogP contribution in [0.25, 0.3) is 22.0 Å². The van der Waals surface area contributed by atoms with E-state index in [1.807, 2.05) is 39.1 Å². The number of aromatic nitrogens is 3. The number of H-pyrrole nitrogens is 1. The smallest absolute Gasteiger partial charge is 0.253 e. The highest BCUT2D eigenvalue weighted by atomic mass is 16.1. The second kappa shape index (κ2) is 10.7. The van der Waals surface area contributed by atoms with Crippen LogP contribution in [0.5, 0.6) is 0 Å². The van der Waals surface area contributed by atoms with Crippen molar-refractivity contribution < 1.29 is 4.79 Å². The van der Waals surface area contributed by atoms with Gasteiger partial charge in [0, 0.05) is 79.4 Å². The average Bonchev–Trinajstić information content (AvgIpc) is 3.25. The maximum absolute atomic E-state index is 13.6. The first-order valence-corrected chi connectivity index (χ1v) is 13.7. The molecule has 2 N–H and O–H groups in total. The summed E-state index contributed by atoms with van der Waals surface area (Å²) in [6.45, 7) is 14.9. The summed E-state index contributed by atoms with van der Waals surface area (Å²) < 4.78 is 2.21. The molecular weight excluding hydrogens is 488 g/mol. The molecule has 0 saturated carbocycles. The lowest BCUT2D eigenvalue weighted by atomic mass is 9.94. The molecule has 4 heterocycles. The van der Waals surface area contributed by atoms with Crippen molar-refractivity contribution in [3.63, 3.8) is 0 Å². The molecule has 1 aromatic carbocycles. The van der Waals surface area contributed by atoms with E-state index >= 15 is 0 Å². The van der Waals surface area contributed by atoms with Crippen LogP contribution < -0.4 is 15.8 Å². The minimum Gasteiger partial charge on any atom is -0.354 e. The number of carbonyl (C=O) groups is 1. The maximum Gasteiger partial charge on any atom is 0.253 e. The first kappa shape index (κ1) is 26.7. The monoisotopic (exact) mass is 526 g/mol. The van der Waals surface area contributed by atoms with Crippen LogP contribution in [0.3, 0.4) is 0 Å². The van der Waals surface area contributed by atoms with Crippen molar-refractivity contribution in [2.45, 2.75) is 47.7 Å². The van der Waals surface area contributed by atoms with Gasteiger partial charge in [-0.25, -0.2) is 4.98 Å². The highest BCUT2D eigenvalue weighted by molar-refractivity contribution is 6.07. The third-order valence-corrected chi connectivity index (χ3v) is 7.98. The Hall–Kier alpha value is -3.91. The second-order valence-electron chi connectivity index (χ2n) is 10.7. The summed E-state index contributed by atoms with van der Waals surface area (Å²) in [6.07, 6.45) is 4.08. The zero-order chi connectivity index (χ0) is 27.8. The highest BCUT2D eigenvalue weighted by Crippen LogP contribution is 2.36. The molecule has 0 aliphatic carbocycles. The quantitative estimate of drug-likeness (QED) is 0.391. The van der Waals surface area contributed by atoms with E-state index in [4.69, 9.17) is 4.98 Å². The lowest BCUT2D eigenvalue weighted by Crippen LogP contribution is -2.44. The van der Waals surface area contributed by atoms with Crippen LogP contribution in [0.2, 0.25) is 0 Å². The average molecular weight is 527 g/mol. The SMILES string of the molecule is CCn1cc(C)c2c(-c3ccc(N4CCN(C)CC4)nc3)cc(C(=O)NCc3c(C)cc(C)[nH]c3=O)c(C)c21. The van der Waals surface area contributed by atoms with E-state index in [0.717, 1.165) is 77.4 Å². The molecule has 1 saturated heterocycles. The molecule has 4 aromatic rings. The molecular formula is C31H38N6O2. The Bertz CT molecular complexity index is 1590. The van der Waals surface area contributed by atoms with E-state index < -0.39 is 0 Å². The van der Waals surface area contributed by atoms with Crippen molar-refractivity contribution in [2.75, 3.05) is 38.1 Å². The molecule has 3 aromatic heterocycles. The number of nitrogens with one attached hydrogen (secondary N) is 2. The Labute approximate surface area is 229 Å². The Kier molecular flexibility index (Phi) is 7.32. The summed E-state index contributed by atoms with van der Waals surface area (Å²) in [4.78, 5) is 38.4. The van der Waals surface area contributed by atoms with Crippen molar-refractivity contribution >= 4 is 22.6 Å². The number of amides is 1. The number of nitrogens with zero attached hydrogens (tertiary/aromatic N) is 4. The summed E-state index contributed by atoms with van der Waals surface area (Å²) in [5.41, 5.74) is 7.82. The molecule has 0 unspecified atom stereocenters. The molecule has 0 bridgehead atoms. The van der Waals surface area contributed by atoms with Crippen LogP contribution in [-0.4, -0.2) is 58.6 Å². The third kappa shape index (κ3) is 5.08. The number of benzene rings is 1. The van der Waals surface area contributed by atoms with Gasteiger partial charge in [-0.1, -0.05) is 0 Å². The first-order valence-electron chi connectivity index (χ1n) is 13.7. The van der Waals surface area contributed by atoms with Crippen LogP contribution in [0.15, 0.2) is 41.5 Å². The molecule has 0 radical (unpaired) electrons. The predicted molar refractivity (Wildman–Crippen MR) is 158 cm³/mol. The van der Waals surface area contributed by atoms with Crippen molar-refractivity contribution in [3.8, 4) is 11.1 Å². The fourth-order valence-corrected chi connectivity index (χ4v) is 5.73. The molecule has 1 fully saturated rings. The predicted octanol–water partition coefficient (Wildman–Crippen LogP) is 4.33. The van der Waals surface area contributed by atoms with Crippen molar-refractivity contribution in [1.29, 1.82) is 0 Å². The van der Waals surface area contributed by atoms with Gasteiger partial charge < -0.3 is 24.7 Å². The van der Waals surface area contributed by atoms with Crippen molar-refractivity contribution in [1.82, 2.24) is 24.8 Å². The number of hydrogen-bond acceptors (Lipinski definition) is 5. The van der Waals surface area contributed by atoms with Gasteiger partial charge in [-0.2, -0.15) is 0 Å². The zero-order valence-corrected chi connectivity index (χ0v) is 23.8. The zero-order valence-electron chi connectivity index (χ0n) is 23.8. The molecule has 1 amide bonds. The van der Waals surface area contributed by atoms with E-state index in [9.17, 15) is 9.59 Å². The minimum absolute atomic E-state index is 0.164. The number of aromatic amines is 1. The van der Waals surface area contributed by atoms with Gasteiger partial charge in [-0.3, -0.25) is 9.59 Å². The molecule has 204 valence electrons. The number of fused-ring (bicyclic) bond motifs is 1. The summed E-state index contributed by atoms with van der Waals surface area (Å²) in [5, 5.41) is 4.15. The van der Waals surface area contributed by atoms with Gasteiger partial charge in [-0.15, -0.1) is 0 Å². The number of piperazine rings is 1. The molecule has 0 atom stereocenters. The van der Waals surface area contributed by atoms with E-state index in [-0.39, 0.29) is 18.0 Å². The van der Waals surface area contributed by atoms with Gasteiger partial charge in [0.05, 0.1) is 5.52 Å². The standard InChI is InChI=1S/C31H38N6O2/c1-7-36-18-20(3)28-25(23-8-9-27(32-16-23)37-12-10-35(6)11-13-37)15-24(22(5)29(28)36)30(38)33-17-26-19(2)14-21(4)34-31(26)39/h8-9,14-16,18H,7,10-13,17H2,1-6H3,(H,33,38)(H,34,39). The van der Waals surface area contributed by atoms with E-state index in [0.29, 0.717) is 11.1 Å². The van der Waals surface area contributed by atoms with Crippen LogP contribution in [0.4, 0.5) is 5.82 Å². The molecule has 0 spiro atoms. The molecule has 5 rings (SSSR count). The molecule has 1 aliphatic heterocycles. The van der Waals surface area contributed by atoms with E-state index in [1.165, 1.54) is 5.56 Å². The van der Waals surface area contributed by atoms with Crippen LogP contribution in [0, 0.1) is 27.7 Å². The van der Waals surface area contributed by atoms with Crippen LogP contribution in [0.1, 0.15) is 45.2 Å². The highest BCUT2D eigenvalue weighted by Gasteiger charge is 2.21. The van der Waals surface area contributed by atoms with E-state index in [2.05, 4.69) is 63.9 Å². The summed E-state index contributed by atoms with van der Waals surface area (Å²) in [7, 11) is 2.15. The van der Waals surface area contributed by atoms with Crippen LogP contribution in [-0.2, 0) is 13.1 Å². The minimum atomic E-state index is -0.196. The molecule has 8 heteroatoms. The van der Waals surface area contributed by atoms with Gasteiger partial charge in [0.2, 0.25) is 0 Å². The van der Waals surface area contributed by atoms with Crippen LogP contribution >= 0.6 is 0 Å². The number of hydrogen-bond donors (Lipinski definition) is 2. The Morgan fingerprint density at radius 2 is 1.79 bits per heavy atom. The van der Waals surface area contributed by atoms with Gasteiger partial charge in [-0.05, 0) is 88.2 Å². The Morgan fingerprint density at radius 1 is 1.05 bits per heavy atom. The molecule has 8 nitrogen and oxygen atoms in total. The Balaban J connectivity index is 1.53. The van der Waals surface area contributed by atoms with Gasteiger partial charge in [0.25, 0.3) is 11.5 Å². The number of anilines is 1. The number of aryl methyl sites for hydroxylation is 5. The maximum atomic E-state index is 13.6. The fourth-order valence-electron chi connectivity index (χ4n) is 5.73. The van der Waals surface area contributed by atoms with Gasteiger partial charge >= 0.3 is 0 Å². The molecule has 1 aliphatic rings. The Morgan fingerprint density at radius 3 is 2.44 bits per heavy atom. The number of carbonyl (C=O) groups excluding carboxylic acids is 1. The summed E-state index contributed by atoms with van der Waals surface area (Å²) in [6, 6.07) is 8.11. The number of likely N-dealkylation sites (N-methyl/N-ethyl adjacent to an activating group) is 1. The van der Waals surface area contributed by atoms with E-state index in [1.54, 1.807) is 0 Å². The summed E-state index contributed by atoms with van der Waals surface area (Å²) in [5.74, 6) is 0.785. The first-order chi connectivity index (χ1) is 18.7. The topological polar surface area (TPSA) is 86.3 Å². The fraction of sp³-hybridized carbons (Fsp3) is 0.387. The summed E-state index contributed by atoms with van der Waals surface area (Å²) >= 11 is 0.